The topological polar surface area (TPSA) is 58.2 Å². The summed E-state index contributed by atoms with van der Waals surface area (Å²) < 4.78 is 19.8. The van der Waals surface area contributed by atoms with Crippen molar-refractivity contribution in [1.82, 2.24) is 15.1 Å². The minimum Gasteiger partial charge on any atom is -0.493 e. The molecule has 3 rings (SSSR count). The van der Waals surface area contributed by atoms with Crippen molar-refractivity contribution in [2.75, 3.05) is 13.7 Å². The zero-order chi connectivity index (χ0) is 16.9. The van der Waals surface area contributed by atoms with E-state index in [2.05, 4.69) is 10.2 Å². The first kappa shape index (κ1) is 16.5. The Kier molecular flexibility index (Phi) is 5.13. The number of hydrogen-bond acceptors (Lipinski definition) is 3. The summed E-state index contributed by atoms with van der Waals surface area (Å²) in [6.07, 6.45) is 5.25. The maximum Gasteiger partial charge on any atom is 0.227 e. The fraction of sp³-hybridized carbons (Fsp3) is 0.444. The SMILES string of the molecule is CN(Cc1ccn[nH]1)C(=O)Cc1ccc(OCCC2CC2)cc1F. The van der Waals surface area contributed by atoms with Gasteiger partial charge in [0, 0.05) is 19.3 Å². The van der Waals surface area contributed by atoms with E-state index in [1.165, 1.54) is 18.9 Å². The smallest absolute Gasteiger partial charge is 0.227 e. The van der Waals surface area contributed by atoms with E-state index in [0.717, 1.165) is 18.0 Å². The second-order valence-corrected chi connectivity index (χ2v) is 6.34. The Balaban J connectivity index is 1.52. The predicted octanol–water partition coefficient (Wildman–Crippen LogP) is 2.93. The fourth-order valence-electron chi connectivity index (χ4n) is 2.53. The molecule has 1 saturated carbocycles. The van der Waals surface area contributed by atoms with Gasteiger partial charge in [-0.15, -0.1) is 0 Å². The molecule has 1 aromatic carbocycles. The molecule has 1 fully saturated rings. The van der Waals surface area contributed by atoms with Gasteiger partial charge in [-0.2, -0.15) is 5.10 Å². The molecule has 1 aromatic heterocycles. The van der Waals surface area contributed by atoms with Crippen molar-refractivity contribution in [3.8, 4) is 5.75 Å². The number of carbonyl (C=O) groups excluding carboxylic acids is 1. The Labute approximate surface area is 140 Å². The van der Waals surface area contributed by atoms with Crippen LogP contribution in [0.15, 0.2) is 30.5 Å². The number of ether oxygens (including phenoxy) is 1. The maximum atomic E-state index is 14.2. The number of nitrogens with one attached hydrogen (secondary N) is 1. The first-order valence-corrected chi connectivity index (χ1v) is 8.25. The number of rotatable bonds is 8. The molecule has 0 unspecified atom stereocenters. The average molecular weight is 331 g/mol. The third-order valence-electron chi connectivity index (χ3n) is 4.25. The Morgan fingerprint density at radius 2 is 2.25 bits per heavy atom. The van der Waals surface area contributed by atoms with Gasteiger partial charge in [-0.3, -0.25) is 9.89 Å². The summed E-state index contributed by atoms with van der Waals surface area (Å²) in [5.74, 6) is 0.764. The van der Waals surface area contributed by atoms with E-state index in [0.29, 0.717) is 24.5 Å². The summed E-state index contributed by atoms with van der Waals surface area (Å²) in [5.41, 5.74) is 1.22. The highest BCUT2D eigenvalue weighted by atomic mass is 19.1. The van der Waals surface area contributed by atoms with Gasteiger partial charge in [-0.1, -0.05) is 18.9 Å². The van der Waals surface area contributed by atoms with Crippen LogP contribution in [0.3, 0.4) is 0 Å². The van der Waals surface area contributed by atoms with Crippen LogP contribution in [0.25, 0.3) is 0 Å². The van der Waals surface area contributed by atoms with E-state index in [4.69, 9.17) is 4.74 Å². The van der Waals surface area contributed by atoms with Gasteiger partial charge in [-0.05, 0) is 30.0 Å². The normalized spacial score (nSPS) is 13.8. The molecule has 24 heavy (non-hydrogen) atoms. The van der Waals surface area contributed by atoms with Crippen LogP contribution in [0.1, 0.15) is 30.5 Å². The van der Waals surface area contributed by atoms with Crippen LogP contribution < -0.4 is 4.74 Å². The van der Waals surface area contributed by atoms with Crippen molar-refractivity contribution in [3.05, 3.63) is 47.5 Å². The van der Waals surface area contributed by atoms with E-state index in [1.807, 2.05) is 0 Å². The zero-order valence-electron chi connectivity index (χ0n) is 13.8. The molecule has 6 heteroatoms. The first-order valence-electron chi connectivity index (χ1n) is 8.25. The molecule has 1 aliphatic rings. The number of benzene rings is 1. The molecule has 1 amide bonds. The lowest BCUT2D eigenvalue weighted by molar-refractivity contribution is -0.129. The van der Waals surface area contributed by atoms with Crippen LogP contribution in [0, 0.1) is 11.7 Å². The number of nitrogens with zero attached hydrogens (tertiary/aromatic N) is 2. The number of hydrogen-bond donors (Lipinski definition) is 1. The average Bonchev–Trinajstić information content (AvgIpc) is 3.24. The molecule has 0 aliphatic heterocycles. The van der Waals surface area contributed by atoms with Crippen LogP contribution in [-0.4, -0.2) is 34.7 Å². The van der Waals surface area contributed by atoms with E-state index in [9.17, 15) is 9.18 Å². The number of amides is 1. The lowest BCUT2D eigenvalue weighted by Crippen LogP contribution is -2.28. The summed E-state index contributed by atoms with van der Waals surface area (Å²) >= 11 is 0. The van der Waals surface area contributed by atoms with Gasteiger partial charge in [0.2, 0.25) is 5.91 Å². The first-order chi connectivity index (χ1) is 11.6. The number of aromatic amines is 1. The second-order valence-electron chi connectivity index (χ2n) is 6.34. The summed E-state index contributed by atoms with van der Waals surface area (Å²) in [6.45, 7) is 1.04. The molecular weight excluding hydrogens is 309 g/mol. The monoisotopic (exact) mass is 331 g/mol. The van der Waals surface area contributed by atoms with Crippen molar-refractivity contribution < 1.29 is 13.9 Å². The molecule has 2 aromatic rings. The van der Waals surface area contributed by atoms with Crippen molar-refractivity contribution in [2.45, 2.75) is 32.2 Å². The molecule has 1 aliphatic carbocycles. The highest BCUT2D eigenvalue weighted by Crippen LogP contribution is 2.32. The standard InChI is InChI=1S/C18H22FN3O2/c1-22(12-15-6-8-20-21-15)18(23)10-14-4-5-16(11-17(14)19)24-9-7-13-2-3-13/h4-6,8,11,13H,2-3,7,9-10,12H2,1H3,(H,20,21). The molecule has 5 nitrogen and oxygen atoms in total. The molecule has 0 radical (unpaired) electrons. The fourth-order valence-corrected chi connectivity index (χ4v) is 2.53. The zero-order valence-corrected chi connectivity index (χ0v) is 13.8. The molecule has 0 bridgehead atoms. The van der Waals surface area contributed by atoms with E-state index in [-0.39, 0.29) is 12.3 Å². The van der Waals surface area contributed by atoms with Crippen molar-refractivity contribution in [2.24, 2.45) is 5.92 Å². The minimum absolute atomic E-state index is 0.0266. The van der Waals surface area contributed by atoms with Gasteiger partial charge in [0.25, 0.3) is 0 Å². The van der Waals surface area contributed by atoms with Gasteiger partial charge >= 0.3 is 0 Å². The molecule has 1 heterocycles. The number of carbonyl (C=O) groups is 1. The van der Waals surface area contributed by atoms with Gasteiger partial charge in [0.1, 0.15) is 11.6 Å². The summed E-state index contributed by atoms with van der Waals surface area (Å²) in [4.78, 5) is 13.8. The molecule has 1 N–H and O–H groups in total. The quantitative estimate of drug-likeness (QED) is 0.809. The predicted molar refractivity (Wildman–Crippen MR) is 88.0 cm³/mol. The number of aromatic nitrogens is 2. The molecular formula is C18H22FN3O2. The maximum absolute atomic E-state index is 14.2. The molecule has 0 spiro atoms. The summed E-state index contributed by atoms with van der Waals surface area (Å²) in [6, 6.07) is 6.53. The van der Waals surface area contributed by atoms with Crippen LogP contribution in [0.4, 0.5) is 4.39 Å². The van der Waals surface area contributed by atoms with Crippen molar-refractivity contribution in [3.63, 3.8) is 0 Å². The lowest BCUT2D eigenvalue weighted by atomic mass is 10.1. The summed E-state index contributed by atoms with van der Waals surface area (Å²) in [7, 11) is 1.69. The second kappa shape index (κ2) is 7.47. The van der Waals surface area contributed by atoms with Gasteiger partial charge in [0.15, 0.2) is 0 Å². The number of H-pyrrole nitrogens is 1. The van der Waals surface area contributed by atoms with Crippen LogP contribution in [0.5, 0.6) is 5.75 Å². The highest BCUT2D eigenvalue weighted by Gasteiger charge is 2.20. The van der Waals surface area contributed by atoms with E-state index < -0.39 is 5.82 Å². The Hall–Kier alpha value is -2.37. The summed E-state index contributed by atoms with van der Waals surface area (Å²) in [5, 5.41) is 6.65. The van der Waals surface area contributed by atoms with Crippen LogP contribution in [0.2, 0.25) is 0 Å². The van der Waals surface area contributed by atoms with Crippen molar-refractivity contribution >= 4 is 5.91 Å². The molecule has 0 saturated heterocycles. The van der Waals surface area contributed by atoms with Gasteiger partial charge in [0.05, 0.1) is 25.3 Å². The molecule has 128 valence electrons. The van der Waals surface area contributed by atoms with Gasteiger partial charge < -0.3 is 9.64 Å². The Morgan fingerprint density at radius 3 is 2.92 bits per heavy atom. The lowest BCUT2D eigenvalue weighted by Gasteiger charge is -2.16. The Morgan fingerprint density at radius 1 is 1.42 bits per heavy atom. The van der Waals surface area contributed by atoms with E-state index in [1.54, 1.807) is 36.3 Å². The van der Waals surface area contributed by atoms with Crippen molar-refractivity contribution in [1.29, 1.82) is 0 Å². The van der Waals surface area contributed by atoms with Gasteiger partial charge in [-0.25, -0.2) is 4.39 Å². The largest absolute Gasteiger partial charge is 0.493 e. The number of halogens is 1. The number of likely N-dealkylation sites (N-methyl/N-ethyl adjacent to an activating group) is 1. The van der Waals surface area contributed by atoms with E-state index >= 15 is 0 Å². The van der Waals surface area contributed by atoms with Crippen LogP contribution >= 0.6 is 0 Å². The van der Waals surface area contributed by atoms with Crippen LogP contribution in [-0.2, 0) is 17.8 Å². The minimum atomic E-state index is -0.401. The molecule has 0 atom stereocenters. The Bertz CT molecular complexity index is 684. The third kappa shape index (κ3) is 4.57. The third-order valence-corrected chi connectivity index (χ3v) is 4.25. The highest BCUT2D eigenvalue weighted by molar-refractivity contribution is 5.78.